The molecule has 0 saturated heterocycles. The van der Waals surface area contributed by atoms with Crippen molar-refractivity contribution in [3.8, 4) is 0 Å². The molecule has 5 nitrogen and oxygen atoms in total. The SMILES string of the molecule is CCN(CC)CCC(C(=O)Nc1ccccc1)C(=O)Nc1ccccc1. The van der Waals surface area contributed by atoms with Crippen LogP contribution in [0.15, 0.2) is 60.7 Å². The average molecular weight is 353 g/mol. The van der Waals surface area contributed by atoms with E-state index in [-0.39, 0.29) is 11.8 Å². The van der Waals surface area contributed by atoms with Crippen LogP contribution in [-0.2, 0) is 9.59 Å². The van der Waals surface area contributed by atoms with Gasteiger partial charge in [-0.1, -0.05) is 50.2 Å². The Morgan fingerprint density at radius 1 is 0.808 bits per heavy atom. The molecule has 0 spiro atoms. The summed E-state index contributed by atoms with van der Waals surface area (Å²) in [6.07, 6.45) is 0.471. The van der Waals surface area contributed by atoms with E-state index in [1.54, 1.807) is 0 Å². The summed E-state index contributed by atoms with van der Waals surface area (Å²) in [7, 11) is 0. The fourth-order valence-electron chi connectivity index (χ4n) is 2.73. The highest BCUT2D eigenvalue weighted by Gasteiger charge is 2.27. The molecule has 26 heavy (non-hydrogen) atoms. The van der Waals surface area contributed by atoms with Crippen molar-refractivity contribution in [2.75, 3.05) is 30.3 Å². The van der Waals surface area contributed by atoms with Crippen LogP contribution in [0.2, 0.25) is 0 Å². The van der Waals surface area contributed by atoms with E-state index in [0.29, 0.717) is 24.3 Å². The van der Waals surface area contributed by atoms with E-state index >= 15 is 0 Å². The molecule has 0 fully saturated rings. The number of hydrogen-bond donors (Lipinski definition) is 2. The summed E-state index contributed by atoms with van der Waals surface area (Å²) >= 11 is 0. The van der Waals surface area contributed by atoms with Gasteiger partial charge in [0.2, 0.25) is 11.8 Å². The van der Waals surface area contributed by atoms with Gasteiger partial charge in [-0.25, -0.2) is 0 Å². The summed E-state index contributed by atoms with van der Waals surface area (Å²) in [5.41, 5.74) is 1.38. The van der Waals surface area contributed by atoms with Crippen molar-refractivity contribution in [1.29, 1.82) is 0 Å². The first-order valence-electron chi connectivity index (χ1n) is 9.08. The topological polar surface area (TPSA) is 61.4 Å². The quantitative estimate of drug-likeness (QED) is 0.677. The highest BCUT2D eigenvalue weighted by Crippen LogP contribution is 2.15. The molecule has 2 rings (SSSR count). The number of nitrogens with one attached hydrogen (secondary N) is 2. The van der Waals surface area contributed by atoms with Gasteiger partial charge in [-0.3, -0.25) is 9.59 Å². The molecule has 2 aromatic carbocycles. The standard InChI is InChI=1S/C21H27N3O2/c1-3-24(4-2)16-15-19(20(25)22-17-11-7-5-8-12-17)21(26)23-18-13-9-6-10-14-18/h5-14,19H,3-4,15-16H2,1-2H3,(H,22,25)(H,23,26). The Morgan fingerprint density at radius 2 is 1.23 bits per heavy atom. The molecule has 0 aliphatic carbocycles. The number of para-hydroxylation sites is 2. The van der Waals surface area contributed by atoms with Crippen molar-refractivity contribution in [3.05, 3.63) is 60.7 Å². The van der Waals surface area contributed by atoms with E-state index < -0.39 is 5.92 Å². The van der Waals surface area contributed by atoms with E-state index in [9.17, 15) is 9.59 Å². The van der Waals surface area contributed by atoms with Gasteiger partial charge in [0.05, 0.1) is 0 Å². The first kappa shape index (κ1) is 19.7. The number of carbonyl (C=O) groups excluding carboxylic acids is 2. The zero-order valence-corrected chi connectivity index (χ0v) is 15.4. The maximum Gasteiger partial charge on any atom is 0.237 e. The minimum atomic E-state index is -0.754. The van der Waals surface area contributed by atoms with Crippen LogP contribution >= 0.6 is 0 Å². The van der Waals surface area contributed by atoms with Crippen molar-refractivity contribution in [3.63, 3.8) is 0 Å². The van der Waals surface area contributed by atoms with Gasteiger partial charge in [0.1, 0.15) is 5.92 Å². The molecule has 0 atom stereocenters. The normalized spacial score (nSPS) is 10.8. The van der Waals surface area contributed by atoms with E-state index in [1.165, 1.54) is 0 Å². The third kappa shape index (κ3) is 6.01. The molecular weight excluding hydrogens is 326 g/mol. The third-order valence-corrected chi connectivity index (χ3v) is 4.34. The Kier molecular flexibility index (Phi) is 7.83. The molecule has 0 radical (unpaired) electrons. The van der Waals surface area contributed by atoms with Crippen LogP contribution in [0.5, 0.6) is 0 Å². The van der Waals surface area contributed by atoms with Crippen molar-refractivity contribution in [2.24, 2.45) is 5.92 Å². The fraction of sp³-hybridized carbons (Fsp3) is 0.333. The molecule has 5 heteroatoms. The van der Waals surface area contributed by atoms with Crippen LogP contribution in [-0.4, -0.2) is 36.3 Å². The summed E-state index contributed by atoms with van der Waals surface area (Å²) in [4.78, 5) is 27.7. The minimum Gasteiger partial charge on any atom is -0.325 e. The molecule has 2 N–H and O–H groups in total. The van der Waals surface area contributed by atoms with Crippen LogP contribution in [0, 0.1) is 5.92 Å². The van der Waals surface area contributed by atoms with E-state index in [1.807, 2.05) is 60.7 Å². The number of rotatable bonds is 9. The summed E-state index contributed by atoms with van der Waals surface area (Å²) < 4.78 is 0. The fourth-order valence-corrected chi connectivity index (χ4v) is 2.73. The van der Waals surface area contributed by atoms with Crippen LogP contribution in [0.25, 0.3) is 0 Å². The van der Waals surface area contributed by atoms with Crippen LogP contribution in [0.4, 0.5) is 11.4 Å². The number of benzene rings is 2. The molecular formula is C21H27N3O2. The van der Waals surface area contributed by atoms with E-state index in [0.717, 1.165) is 13.1 Å². The van der Waals surface area contributed by atoms with Gasteiger partial charge in [0.15, 0.2) is 0 Å². The summed E-state index contributed by atoms with van der Waals surface area (Å²) in [6, 6.07) is 18.4. The van der Waals surface area contributed by atoms with Gasteiger partial charge in [0, 0.05) is 11.4 Å². The number of amides is 2. The highest BCUT2D eigenvalue weighted by molar-refractivity contribution is 6.10. The molecule has 2 aromatic rings. The second-order valence-electron chi connectivity index (χ2n) is 6.08. The monoisotopic (exact) mass is 353 g/mol. The molecule has 0 saturated carbocycles. The Hall–Kier alpha value is -2.66. The second kappa shape index (κ2) is 10.4. The largest absolute Gasteiger partial charge is 0.325 e. The molecule has 138 valence electrons. The van der Waals surface area contributed by atoms with Gasteiger partial charge in [-0.2, -0.15) is 0 Å². The Labute approximate surface area is 155 Å². The second-order valence-corrected chi connectivity index (χ2v) is 6.08. The molecule has 0 heterocycles. The van der Waals surface area contributed by atoms with E-state index in [2.05, 4.69) is 29.4 Å². The van der Waals surface area contributed by atoms with Crippen molar-refractivity contribution < 1.29 is 9.59 Å². The van der Waals surface area contributed by atoms with Crippen molar-refractivity contribution in [2.45, 2.75) is 20.3 Å². The van der Waals surface area contributed by atoms with Gasteiger partial charge in [-0.05, 0) is 50.3 Å². The van der Waals surface area contributed by atoms with E-state index in [4.69, 9.17) is 0 Å². The average Bonchev–Trinajstić information content (AvgIpc) is 2.66. The maximum atomic E-state index is 12.7. The van der Waals surface area contributed by atoms with Gasteiger partial charge >= 0.3 is 0 Å². The molecule has 2 amide bonds. The lowest BCUT2D eigenvalue weighted by molar-refractivity contribution is -0.129. The Morgan fingerprint density at radius 3 is 1.62 bits per heavy atom. The van der Waals surface area contributed by atoms with Crippen LogP contribution in [0.3, 0.4) is 0 Å². The third-order valence-electron chi connectivity index (χ3n) is 4.34. The first-order chi connectivity index (χ1) is 12.6. The predicted octanol–water partition coefficient (Wildman–Crippen LogP) is 3.61. The maximum absolute atomic E-state index is 12.7. The molecule has 0 bridgehead atoms. The lowest BCUT2D eigenvalue weighted by Gasteiger charge is -2.22. The Bertz CT molecular complexity index is 631. The summed E-state index contributed by atoms with van der Waals surface area (Å²) in [5.74, 6) is -1.32. The Balaban J connectivity index is 2.09. The number of hydrogen-bond acceptors (Lipinski definition) is 3. The van der Waals surface area contributed by atoms with Crippen LogP contribution in [0.1, 0.15) is 20.3 Å². The molecule has 0 aliphatic heterocycles. The van der Waals surface area contributed by atoms with Crippen molar-refractivity contribution >= 4 is 23.2 Å². The molecule has 0 aromatic heterocycles. The zero-order valence-electron chi connectivity index (χ0n) is 15.4. The molecule has 0 aliphatic rings. The minimum absolute atomic E-state index is 0.281. The zero-order chi connectivity index (χ0) is 18.8. The predicted molar refractivity (Wildman–Crippen MR) is 106 cm³/mol. The van der Waals surface area contributed by atoms with Crippen LogP contribution < -0.4 is 10.6 Å². The summed E-state index contributed by atoms with van der Waals surface area (Å²) in [6.45, 7) is 6.63. The first-order valence-corrected chi connectivity index (χ1v) is 9.08. The van der Waals surface area contributed by atoms with Crippen molar-refractivity contribution in [1.82, 2.24) is 4.90 Å². The molecule has 0 unspecified atom stereocenters. The van der Waals surface area contributed by atoms with Gasteiger partial charge in [0.25, 0.3) is 0 Å². The van der Waals surface area contributed by atoms with Gasteiger partial charge < -0.3 is 15.5 Å². The number of anilines is 2. The lowest BCUT2D eigenvalue weighted by Crippen LogP contribution is -2.37. The highest BCUT2D eigenvalue weighted by atomic mass is 16.2. The lowest BCUT2D eigenvalue weighted by atomic mass is 10.0. The smallest absolute Gasteiger partial charge is 0.237 e. The van der Waals surface area contributed by atoms with Gasteiger partial charge in [-0.15, -0.1) is 0 Å². The summed E-state index contributed by atoms with van der Waals surface area (Å²) in [5, 5.41) is 5.70. The number of nitrogens with zero attached hydrogens (tertiary/aromatic N) is 1. The number of carbonyl (C=O) groups is 2.